The molecule has 2 heterocycles. The second kappa shape index (κ2) is 6.31. The maximum atomic E-state index is 4.80. The maximum absolute atomic E-state index is 4.80. The monoisotopic (exact) mass is 339 g/mol. The second-order valence-electron chi connectivity index (χ2n) is 6.59. The second-order valence-corrected chi connectivity index (χ2v) is 6.59. The zero-order valence-electron chi connectivity index (χ0n) is 15.6. The van der Waals surface area contributed by atoms with Crippen molar-refractivity contribution in [2.45, 2.75) is 27.2 Å². The van der Waals surface area contributed by atoms with Gasteiger partial charge in [0, 0.05) is 28.9 Å². The molecule has 3 heteroatoms. The minimum Gasteiger partial charge on any atom is -0.266 e. The summed E-state index contributed by atoms with van der Waals surface area (Å²) in [5.41, 5.74) is 7.84. The minimum atomic E-state index is 0.995. The fourth-order valence-corrected chi connectivity index (χ4v) is 3.57. The van der Waals surface area contributed by atoms with Crippen molar-refractivity contribution in [2.75, 3.05) is 0 Å². The molecule has 0 bridgehead atoms. The van der Waals surface area contributed by atoms with E-state index in [0.717, 1.165) is 45.0 Å². The van der Waals surface area contributed by atoms with Crippen LogP contribution in [0.1, 0.15) is 30.5 Å². The number of aryl methyl sites for hydroxylation is 3. The molecule has 128 valence electrons. The lowest BCUT2D eigenvalue weighted by Crippen LogP contribution is -1.92. The lowest BCUT2D eigenvalue weighted by Gasteiger charge is -2.07. The van der Waals surface area contributed by atoms with Crippen molar-refractivity contribution >= 4 is 21.8 Å². The Labute approximate surface area is 153 Å². The largest absolute Gasteiger partial charge is 0.266 e. The zero-order chi connectivity index (χ0) is 18.3. The van der Waals surface area contributed by atoms with Gasteiger partial charge >= 0.3 is 0 Å². The van der Waals surface area contributed by atoms with Gasteiger partial charge in [-0.3, -0.25) is 9.67 Å². The van der Waals surface area contributed by atoms with E-state index in [1.54, 1.807) is 0 Å². The van der Waals surface area contributed by atoms with E-state index < -0.39 is 0 Å². The van der Waals surface area contributed by atoms with E-state index in [1.807, 2.05) is 24.9 Å². The van der Waals surface area contributed by atoms with Crippen LogP contribution in [0.5, 0.6) is 0 Å². The van der Waals surface area contributed by atoms with Gasteiger partial charge in [-0.1, -0.05) is 25.0 Å². The SMILES string of the molecule is CC#Cc1ccc(-c2nn(C)c3cnc4cc(CC)c(C)cc4c23)cc1. The molecule has 0 aliphatic rings. The third-order valence-electron chi connectivity index (χ3n) is 4.95. The van der Waals surface area contributed by atoms with Crippen LogP contribution in [0.25, 0.3) is 33.1 Å². The standard InChI is InChI=1S/C23H21N3/c1-5-7-16-8-10-18(11-9-16)23-22-19-12-15(3)17(6-2)13-20(19)24-14-21(22)26(4)25-23/h8-14H,6H2,1-4H3. The Morgan fingerprint density at radius 2 is 1.88 bits per heavy atom. The highest BCUT2D eigenvalue weighted by Crippen LogP contribution is 2.34. The zero-order valence-corrected chi connectivity index (χ0v) is 15.6. The Bertz CT molecular complexity index is 1190. The van der Waals surface area contributed by atoms with Crippen molar-refractivity contribution in [1.82, 2.24) is 14.8 Å². The Hall–Kier alpha value is -3.12. The van der Waals surface area contributed by atoms with Gasteiger partial charge < -0.3 is 0 Å². The first kappa shape index (κ1) is 16.4. The summed E-state index contributed by atoms with van der Waals surface area (Å²) < 4.78 is 1.92. The molecule has 0 saturated carbocycles. The molecular formula is C23H21N3. The quantitative estimate of drug-likeness (QED) is 0.480. The van der Waals surface area contributed by atoms with Gasteiger partial charge in [0.1, 0.15) is 5.69 Å². The molecule has 2 aromatic heterocycles. The number of nitrogens with zero attached hydrogens (tertiary/aromatic N) is 3. The normalized spacial score (nSPS) is 10.9. The van der Waals surface area contributed by atoms with Crippen LogP contribution in [0.4, 0.5) is 0 Å². The van der Waals surface area contributed by atoms with Crippen LogP contribution in [0.2, 0.25) is 0 Å². The first-order valence-corrected chi connectivity index (χ1v) is 8.90. The van der Waals surface area contributed by atoms with Crippen LogP contribution in [-0.2, 0) is 13.5 Å². The van der Waals surface area contributed by atoms with Crippen LogP contribution in [0, 0.1) is 18.8 Å². The van der Waals surface area contributed by atoms with Crippen molar-refractivity contribution in [3.05, 3.63) is 59.3 Å². The highest BCUT2D eigenvalue weighted by atomic mass is 15.3. The molecule has 0 radical (unpaired) electrons. The number of fused-ring (bicyclic) bond motifs is 3. The minimum absolute atomic E-state index is 0.995. The molecule has 3 nitrogen and oxygen atoms in total. The van der Waals surface area contributed by atoms with E-state index in [2.05, 4.69) is 67.1 Å². The Morgan fingerprint density at radius 1 is 1.12 bits per heavy atom. The summed E-state index contributed by atoms with van der Waals surface area (Å²) >= 11 is 0. The van der Waals surface area contributed by atoms with E-state index in [4.69, 9.17) is 5.10 Å². The molecule has 2 aromatic carbocycles. The lowest BCUT2D eigenvalue weighted by atomic mass is 9.98. The number of hydrogen-bond acceptors (Lipinski definition) is 2. The summed E-state index contributed by atoms with van der Waals surface area (Å²) in [4.78, 5) is 4.69. The lowest BCUT2D eigenvalue weighted by molar-refractivity contribution is 0.799. The highest BCUT2D eigenvalue weighted by molar-refractivity contribution is 6.11. The third-order valence-corrected chi connectivity index (χ3v) is 4.95. The van der Waals surface area contributed by atoms with E-state index in [1.165, 1.54) is 11.1 Å². The van der Waals surface area contributed by atoms with Gasteiger partial charge in [0.25, 0.3) is 0 Å². The summed E-state index contributed by atoms with van der Waals surface area (Å²) in [6, 6.07) is 12.8. The average Bonchev–Trinajstić information content (AvgIpc) is 2.99. The van der Waals surface area contributed by atoms with E-state index in [9.17, 15) is 0 Å². The summed E-state index contributed by atoms with van der Waals surface area (Å²) in [5, 5.41) is 7.13. The molecular weight excluding hydrogens is 318 g/mol. The third kappa shape index (κ3) is 2.55. The number of aromatic nitrogens is 3. The molecule has 0 unspecified atom stereocenters. The molecule has 0 amide bonds. The number of pyridine rings is 1. The summed E-state index contributed by atoms with van der Waals surface area (Å²) in [6.45, 7) is 6.21. The van der Waals surface area contributed by atoms with E-state index in [0.29, 0.717) is 0 Å². The van der Waals surface area contributed by atoms with E-state index >= 15 is 0 Å². The van der Waals surface area contributed by atoms with Crippen molar-refractivity contribution in [3.8, 4) is 23.1 Å². The highest BCUT2D eigenvalue weighted by Gasteiger charge is 2.15. The predicted molar refractivity (Wildman–Crippen MR) is 108 cm³/mol. The molecule has 0 aliphatic carbocycles. The fraction of sp³-hybridized carbons (Fsp3) is 0.217. The summed E-state index contributed by atoms with van der Waals surface area (Å²) in [6.07, 6.45) is 2.95. The fourth-order valence-electron chi connectivity index (χ4n) is 3.57. The molecule has 4 rings (SSSR count). The first-order valence-electron chi connectivity index (χ1n) is 8.90. The van der Waals surface area contributed by atoms with Crippen LogP contribution in [0.3, 0.4) is 0 Å². The summed E-state index contributed by atoms with van der Waals surface area (Å²) in [5.74, 6) is 6.03. The van der Waals surface area contributed by atoms with Gasteiger partial charge in [-0.25, -0.2) is 0 Å². The molecule has 0 N–H and O–H groups in total. The Balaban J connectivity index is 2.02. The Morgan fingerprint density at radius 3 is 2.58 bits per heavy atom. The van der Waals surface area contributed by atoms with Gasteiger partial charge in [0.15, 0.2) is 0 Å². The predicted octanol–water partition coefficient (Wildman–Crippen LogP) is 5.03. The molecule has 0 fully saturated rings. The number of hydrogen-bond donors (Lipinski definition) is 0. The smallest absolute Gasteiger partial charge is 0.101 e. The number of benzene rings is 2. The topological polar surface area (TPSA) is 30.7 Å². The van der Waals surface area contributed by atoms with Gasteiger partial charge in [-0.15, -0.1) is 5.92 Å². The van der Waals surface area contributed by atoms with Crippen LogP contribution >= 0.6 is 0 Å². The Kier molecular flexibility index (Phi) is 3.97. The van der Waals surface area contributed by atoms with Gasteiger partial charge in [0.2, 0.25) is 0 Å². The average molecular weight is 339 g/mol. The van der Waals surface area contributed by atoms with Crippen molar-refractivity contribution in [3.63, 3.8) is 0 Å². The molecule has 0 atom stereocenters. The first-order chi connectivity index (χ1) is 12.6. The molecule has 0 aliphatic heterocycles. The van der Waals surface area contributed by atoms with Gasteiger partial charge in [-0.05, 0) is 55.7 Å². The van der Waals surface area contributed by atoms with Crippen molar-refractivity contribution in [2.24, 2.45) is 7.05 Å². The molecule has 0 spiro atoms. The van der Waals surface area contributed by atoms with Crippen LogP contribution < -0.4 is 0 Å². The molecule has 26 heavy (non-hydrogen) atoms. The van der Waals surface area contributed by atoms with Crippen LogP contribution in [-0.4, -0.2) is 14.8 Å². The van der Waals surface area contributed by atoms with E-state index in [-0.39, 0.29) is 0 Å². The molecule has 4 aromatic rings. The molecule has 0 saturated heterocycles. The van der Waals surface area contributed by atoms with Crippen molar-refractivity contribution < 1.29 is 0 Å². The summed E-state index contributed by atoms with van der Waals surface area (Å²) in [7, 11) is 1.98. The van der Waals surface area contributed by atoms with Crippen molar-refractivity contribution in [1.29, 1.82) is 0 Å². The van der Waals surface area contributed by atoms with Gasteiger partial charge in [0.05, 0.1) is 17.2 Å². The van der Waals surface area contributed by atoms with Gasteiger partial charge in [-0.2, -0.15) is 5.10 Å². The maximum Gasteiger partial charge on any atom is 0.101 e. The van der Waals surface area contributed by atoms with Crippen LogP contribution in [0.15, 0.2) is 42.6 Å². The number of rotatable bonds is 2.